The van der Waals surface area contributed by atoms with Gasteiger partial charge in [0.1, 0.15) is 6.61 Å². The summed E-state index contributed by atoms with van der Waals surface area (Å²) < 4.78 is 5.02. The smallest absolute Gasteiger partial charge is 0.245 e. The Morgan fingerprint density at radius 1 is 1.24 bits per heavy atom. The summed E-state index contributed by atoms with van der Waals surface area (Å²) in [5.41, 5.74) is 0.896. The summed E-state index contributed by atoms with van der Waals surface area (Å²) in [7, 11) is 0. The molecule has 0 saturated carbocycles. The highest BCUT2D eigenvalue weighted by Crippen LogP contribution is 2.25. The van der Waals surface area contributed by atoms with E-state index < -0.39 is 6.10 Å². The van der Waals surface area contributed by atoms with Crippen LogP contribution in [0.1, 0.15) is 25.0 Å². The molecule has 0 saturated heterocycles. The van der Waals surface area contributed by atoms with E-state index >= 15 is 0 Å². The number of aliphatic hydroxyl groups is 1. The zero-order valence-electron chi connectivity index (χ0n) is 12.2. The van der Waals surface area contributed by atoms with Gasteiger partial charge in [-0.15, -0.1) is 0 Å². The van der Waals surface area contributed by atoms with Gasteiger partial charge in [-0.1, -0.05) is 42.5 Å². The average Bonchev–Trinajstić information content (AvgIpc) is 2.52. The van der Waals surface area contributed by atoms with Gasteiger partial charge in [-0.2, -0.15) is 0 Å². The number of fused-ring (bicyclic) bond motifs is 1. The van der Waals surface area contributed by atoms with Crippen molar-refractivity contribution in [2.24, 2.45) is 0 Å². The summed E-state index contributed by atoms with van der Waals surface area (Å²) in [4.78, 5) is 11.4. The molecule has 0 aromatic heterocycles. The van der Waals surface area contributed by atoms with Gasteiger partial charge in [0.05, 0.1) is 6.10 Å². The van der Waals surface area contributed by atoms with Crippen molar-refractivity contribution >= 4 is 16.7 Å². The van der Waals surface area contributed by atoms with Crippen molar-refractivity contribution in [3.05, 3.63) is 48.0 Å². The van der Waals surface area contributed by atoms with Gasteiger partial charge in [-0.05, 0) is 29.7 Å². The molecule has 2 aromatic rings. The van der Waals surface area contributed by atoms with E-state index in [9.17, 15) is 9.90 Å². The molecule has 112 valence electrons. The second-order valence-corrected chi connectivity index (χ2v) is 4.86. The van der Waals surface area contributed by atoms with Crippen LogP contribution < -0.4 is 5.32 Å². The maximum atomic E-state index is 11.4. The largest absolute Gasteiger partial charge is 0.388 e. The number of hydrogen-bond acceptors (Lipinski definition) is 3. The standard InChI is InChI=1S/C17H21NO3/c1-2-21-12-17(20)18-11-10-16(19)15-9-5-7-13-6-3-4-8-14(13)15/h3-9,16,19H,2,10-12H2,1H3,(H,18,20). The summed E-state index contributed by atoms with van der Waals surface area (Å²) in [5.74, 6) is -0.151. The number of rotatable bonds is 7. The predicted molar refractivity (Wildman–Crippen MR) is 83.0 cm³/mol. The maximum Gasteiger partial charge on any atom is 0.245 e. The fourth-order valence-electron chi connectivity index (χ4n) is 2.29. The lowest BCUT2D eigenvalue weighted by atomic mass is 9.99. The molecule has 0 heterocycles. The van der Waals surface area contributed by atoms with Crippen LogP contribution in [0.15, 0.2) is 42.5 Å². The molecule has 0 spiro atoms. The van der Waals surface area contributed by atoms with Gasteiger partial charge in [-0.25, -0.2) is 0 Å². The van der Waals surface area contributed by atoms with Gasteiger partial charge in [0, 0.05) is 13.2 Å². The zero-order valence-corrected chi connectivity index (χ0v) is 12.2. The predicted octanol–water partition coefficient (Wildman–Crippen LogP) is 2.42. The number of hydrogen-bond donors (Lipinski definition) is 2. The highest BCUT2D eigenvalue weighted by atomic mass is 16.5. The summed E-state index contributed by atoms with van der Waals surface area (Å²) in [6, 6.07) is 13.9. The molecule has 0 bridgehead atoms. The first-order valence-corrected chi connectivity index (χ1v) is 7.22. The van der Waals surface area contributed by atoms with Crippen LogP contribution in [0.4, 0.5) is 0 Å². The Labute approximate surface area is 124 Å². The van der Waals surface area contributed by atoms with E-state index in [0.717, 1.165) is 16.3 Å². The Bertz CT molecular complexity index is 592. The number of benzene rings is 2. The van der Waals surface area contributed by atoms with E-state index in [1.807, 2.05) is 49.4 Å². The first kappa shape index (κ1) is 15.5. The van der Waals surface area contributed by atoms with Crippen LogP contribution in [0.2, 0.25) is 0 Å². The van der Waals surface area contributed by atoms with Gasteiger partial charge in [0.2, 0.25) is 5.91 Å². The SMILES string of the molecule is CCOCC(=O)NCCC(O)c1cccc2ccccc12. The number of carbonyl (C=O) groups is 1. The average molecular weight is 287 g/mol. The number of ether oxygens (including phenoxy) is 1. The second-order valence-electron chi connectivity index (χ2n) is 4.86. The van der Waals surface area contributed by atoms with Crippen molar-refractivity contribution in [2.75, 3.05) is 19.8 Å². The molecular formula is C17H21NO3. The third-order valence-corrected chi connectivity index (χ3v) is 3.36. The fraction of sp³-hybridized carbons (Fsp3) is 0.353. The first-order chi connectivity index (χ1) is 10.2. The summed E-state index contributed by atoms with van der Waals surface area (Å²) in [6.45, 7) is 2.86. The van der Waals surface area contributed by atoms with Crippen molar-refractivity contribution in [1.82, 2.24) is 5.32 Å². The van der Waals surface area contributed by atoms with Crippen LogP contribution in [-0.4, -0.2) is 30.8 Å². The van der Waals surface area contributed by atoms with E-state index in [1.165, 1.54) is 0 Å². The van der Waals surface area contributed by atoms with Gasteiger partial charge in [-0.3, -0.25) is 4.79 Å². The summed E-state index contributed by atoms with van der Waals surface area (Å²) >= 11 is 0. The molecule has 0 aliphatic carbocycles. The van der Waals surface area contributed by atoms with E-state index in [2.05, 4.69) is 5.32 Å². The first-order valence-electron chi connectivity index (χ1n) is 7.22. The number of amides is 1. The Morgan fingerprint density at radius 3 is 2.81 bits per heavy atom. The molecule has 1 unspecified atom stereocenters. The molecule has 4 heteroatoms. The zero-order chi connectivity index (χ0) is 15.1. The lowest BCUT2D eigenvalue weighted by Crippen LogP contribution is -2.29. The van der Waals surface area contributed by atoms with Gasteiger partial charge < -0.3 is 15.2 Å². The quantitative estimate of drug-likeness (QED) is 0.822. The molecule has 2 N–H and O–H groups in total. The Kier molecular flexibility index (Phi) is 5.72. The van der Waals surface area contributed by atoms with E-state index in [0.29, 0.717) is 19.6 Å². The van der Waals surface area contributed by atoms with Crippen molar-refractivity contribution in [3.63, 3.8) is 0 Å². The van der Waals surface area contributed by atoms with Crippen molar-refractivity contribution in [2.45, 2.75) is 19.4 Å². The highest BCUT2D eigenvalue weighted by molar-refractivity contribution is 5.86. The van der Waals surface area contributed by atoms with Gasteiger partial charge >= 0.3 is 0 Å². The van der Waals surface area contributed by atoms with Crippen LogP contribution >= 0.6 is 0 Å². The fourth-order valence-corrected chi connectivity index (χ4v) is 2.29. The Balaban J connectivity index is 1.93. The molecule has 0 radical (unpaired) electrons. The number of carbonyl (C=O) groups excluding carboxylic acids is 1. The maximum absolute atomic E-state index is 11.4. The van der Waals surface area contributed by atoms with Crippen LogP contribution in [0.25, 0.3) is 10.8 Å². The lowest BCUT2D eigenvalue weighted by Gasteiger charge is -2.14. The Morgan fingerprint density at radius 2 is 2.00 bits per heavy atom. The van der Waals surface area contributed by atoms with E-state index in [4.69, 9.17) is 4.74 Å². The van der Waals surface area contributed by atoms with Crippen LogP contribution in [0, 0.1) is 0 Å². The van der Waals surface area contributed by atoms with E-state index in [1.54, 1.807) is 0 Å². The number of aliphatic hydroxyl groups excluding tert-OH is 1. The van der Waals surface area contributed by atoms with E-state index in [-0.39, 0.29) is 12.5 Å². The minimum absolute atomic E-state index is 0.0703. The third-order valence-electron chi connectivity index (χ3n) is 3.36. The topological polar surface area (TPSA) is 58.6 Å². The molecule has 0 fully saturated rings. The minimum Gasteiger partial charge on any atom is -0.388 e. The second kappa shape index (κ2) is 7.76. The molecule has 21 heavy (non-hydrogen) atoms. The molecule has 0 aliphatic heterocycles. The van der Waals surface area contributed by atoms with Crippen LogP contribution in [-0.2, 0) is 9.53 Å². The van der Waals surface area contributed by atoms with Crippen LogP contribution in [0.5, 0.6) is 0 Å². The van der Waals surface area contributed by atoms with Crippen LogP contribution in [0.3, 0.4) is 0 Å². The molecule has 0 aliphatic rings. The van der Waals surface area contributed by atoms with Gasteiger partial charge in [0.25, 0.3) is 0 Å². The van der Waals surface area contributed by atoms with Gasteiger partial charge in [0.15, 0.2) is 0 Å². The van der Waals surface area contributed by atoms with Crippen molar-refractivity contribution < 1.29 is 14.6 Å². The molecule has 2 aromatic carbocycles. The third kappa shape index (κ3) is 4.28. The van der Waals surface area contributed by atoms with Crippen molar-refractivity contribution in [3.8, 4) is 0 Å². The molecule has 1 atom stereocenters. The summed E-state index contributed by atoms with van der Waals surface area (Å²) in [5, 5.41) is 15.2. The normalized spacial score (nSPS) is 12.3. The monoisotopic (exact) mass is 287 g/mol. The Hall–Kier alpha value is -1.91. The van der Waals surface area contributed by atoms with Crippen molar-refractivity contribution in [1.29, 1.82) is 0 Å². The summed E-state index contributed by atoms with van der Waals surface area (Å²) in [6.07, 6.45) is -0.116. The highest BCUT2D eigenvalue weighted by Gasteiger charge is 2.11. The molecular weight excluding hydrogens is 266 g/mol. The lowest BCUT2D eigenvalue weighted by molar-refractivity contribution is -0.125. The molecule has 2 rings (SSSR count). The minimum atomic E-state index is -0.594. The number of nitrogens with one attached hydrogen (secondary N) is 1. The molecule has 1 amide bonds. The molecule has 4 nitrogen and oxygen atoms in total.